The zero-order valence-electron chi connectivity index (χ0n) is 9.93. The van der Waals surface area contributed by atoms with Crippen molar-refractivity contribution in [2.75, 3.05) is 5.75 Å². The van der Waals surface area contributed by atoms with Gasteiger partial charge in [-0.05, 0) is 11.6 Å². The molecule has 6 heteroatoms. The van der Waals surface area contributed by atoms with E-state index in [-0.39, 0.29) is 0 Å². The van der Waals surface area contributed by atoms with Gasteiger partial charge in [-0.2, -0.15) is 4.98 Å². The summed E-state index contributed by atoms with van der Waals surface area (Å²) < 4.78 is 16.4. The lowest BCUT2D eigenvalue weighted by Gasteiger charge is -1.98. The molecular weight excluding hydrogens is 272 g/mol. The van der Waals surface area contributed by atoms with Crippen molar-refractivity contribution < 1.29 is 8.73 Å². The highest BCUT2D eigenvalue weighted by molar-refractivity contribution is 7.84. The minimum atomic E-state index is -0.938. The first kappa shape index (κ1) is 13.2. The van der Waals surface area contributed by atoms with Gasteiger partial charge in [-0.25, -0.2) is 0 Å². The molecule has 2 rings (SSSR count). The Labute approximate surface area is 113 Å². The summed E-state index contributed by atoms with van der Waals surface area (Å²) in [6, 6.07) is 7.53. The average molecular weight is 285 g/mol. The summed E-state index contributed by atoms with van der Waals surface area (Å²) in [7, 11) is -0.938. The zero-order chi connectivity index (χ0) is 13.0. The summed E-state index contributed by atoms with van der Waals surface area (Å²) in [6.45, 7) is 1.86. The van der Waals surface area contributed by atoms with Crippen molar-refractivity contribution in [1.82, 2.24) is 10.1 Å². The summed E-state index contributed by atoms with van der Waals surface area (Å²) >= 11 is 6.05. The number of rotatable bonds is 5. The Kier molecular flexibility index (Phi) is 4.49. The van der Waals surface area contributed by atoms with Crippen LogP contribution in [-0.2, 0) is 23.0 Å². The van der Waals surface area contributed by atoms with Gasteiger partial charge in [-0.15, -0.1) is 0 Å². The maximum Gasteiger partial charge on any atom is 0.239 e. The Morgan fingerprint density at radius 3 is 2.89 bits per heavy atom. The molecule has 0 aliphatic rings. The van der Waals surface area contributed by atoms with E-state index in [4.69, 9.17) is 16.1 Å². The van der Waals surface area contributed by atoms with Gasteiger partial charge in [0.25, 0.3) is 0 Å². The van der Waals surface area contributed by atoms with E-state index in [0.29, 0.717) is 34.7 Å². The van der Waals surface area contributed by atoms with E-state index < -0.39 is 10.8 Å². The third-order valence-corrected chi connectivity index (χ3v) is 4.00. The molecule has 4 nitrogen and oxygen atoms in total. The summed E-state index contributed by atoms with van der Waals surface area (Å²) in [5.74, 6) is 1.87. The quantitative estimate of drug-likeness (QED) is 0.847. The van der Waals surface area contributed by atoms with Gasteiger partial charge in [0.1, 0.15) is 5.75 Å². The van der Waals surface area contributed by atoms with Gasteiger partial charge >= 0.3 is 0 Å². The van der Waals surface area contributed by atoms with Crippen LogP contribution in [0.5, 0.6) is 0 Å². The first-order valence-electron chi connectivity index (χ1n) is 5.59. The normalized spacial score (nSPS) is 12.6. The fourth-order valence-corrected chi connectivity index (χ4v) is 2.27. The molecule has 0 spiro atoms. The van der Waals surface area contributed by atoms with Crippen molar-refractivity contribution in [1.29, 1.82) is 0 Å². The maximum atomic E-state index is 11.4. The molecule has 1 aromatic carbocycles. The molecule has 0 saturated carbocycles. The van der Waals surface area contributed by atoms with Gasteiger partial charge in [0.15, 0.2) is 5.82 Å². The molecule has 1 aromatic heterocycles. The van der Waals surface area contributed by atoms with Crippen LogP contribution in [0.1, 0.15) is 24.2 Å². The van der Waals surface area contributed by atoms with Crippen LogP contribution >= 0.6 is 11.6 Å². The second-order valence-corrected chi connectivity index (χ2v) is 5.90. The molecule has 1 heterocycles. The number of hydrogen-bond donors (Lipinski definition) is 0. The van der Waals surface area contributed by atoms with E-state index in [9.17, 15) is 4.21 Å². The molecule has 96 valence electrons. The molecule has 1 unspecified atom stereocenters. The average Bonchev–Trinajstić information content (AvgIpc) is 2.79. The lowest BCUT2D eigenvalue weighted by molar-refractivity contribution is 0.385. The topological polar surface area (TPSA) is 56.0 Å². The third kappa shape index (κ3) is 3.40. The lowest BCUT2D eigenvalue weighted by Crippen LogP contribution is -1.98. The fraction of sp³-hybridized carbons (Fsp3) is 0.333. The maximum absolute atomic E-state index is 11.4. The molecule has 0 saturated heterocycles. The molecule has 0 radical (unpaired) electrons. The molecule has 0 N–H and O–H groups in total. The highest BCUT2D eigenvalue weighted by Gasteiger charge is 2.10. The Morgan fingerprint density at radius 2 is 2.17 bits per heavy atom. The highest BCUT2D eigenvalue weighted by atomic mass is 35.5. The van der Waals surface area contributed by atoms with Crippen molar-refractivity contribution in [3.05, 3.63) is 46.6 Å². The molecule has 1 atom stereocenters. The van der Waals surface area contributed by atoms with Crippen LogP contribution < -0.4 is 0 Å². The summed E-state index contributed by atoms with van der Waals surface area (Å²) in [4.78, 5) is 4.21. The molecule has 18 heavy (non-hydrogen) atoms. The van der Waals surface area contributed by atoms with Crippen molar-refractivity contribution in [2.24, 2.45) is 0 Å². The van der Waals surface area contributed by atoms with E-state index in [2.05, 4.69) is 10.1 Å². The Morgan fingerprint density at radius 1 is 1.39 bits per heavy atom. The van der Waals surface area contributed by atoms with Gasteiger partial charge in [0.2, 0.25) is 5.89 Å². The fourth-order valence-electron chi connectivity index (χ4n) is 1.47. The summed E-state index contributed by atoms with van der Waals surface area (Å²) in [5, 5.41) is 4.54. The molecular formula is C12H13ClN2O2S. The number of halogens is 1. The number of aromatic nitrogens is 2. The van der Waals surface area contributed by atoms with Crippen molar-refractivity contribution >= 4 is 22.4 Å². The standard InChI is InChI=1S/C12H13ClN2O2S/c1-2-18(16)8-12-14-11(15-17-12)7-9-5-3-4-6-10(9)13/h3-6H,2,7-8H2,1H3. The van der Waals surface area contributed by atoms with Crippen molar-refractivity contribution in [3.8, 4) is 0 Å². The molecule has 0 aliphatic carbocycles. The van der Waals surface area contributed by atoms with E-state index in [1.54, 1.807) is 0 Å². The lowest BCUT2D eigenvalue weighted by atomic mass is 10.1. The Balaban J connectivity index is 2.07. The zero-order valence-corrected chi connectivity index (χ0v) is 11.5. The van der Waals surface area contributed by atoms with E-state index in [1.807, 2.05) is 31.2 Å². The summed E-state index contributed by atoms with van der Waals surface area (Å²) in [5.41, 5.74) is 0.947. The van der Waals surface area contributed by atoms with E-state index >= 15 is 0 Å². The van der Waals surface area contributed by atoms with E-state index in [0.717, 1.165) is 5.56 Å². The molecule has 0 fully saturated rings. The van der Waals surface area contributed by atoms with Crippen LogP contribution in [0.4, 0.5) is 0 Å². The summed E-state index contributed by atoms with van der Waals surface area (Å²) in [6.07, 6.45) is 0.516. The van der Waals surface area contributed by atoms with Gasteiger partial charge in [-0.3, -0.25) is 4.21 Å². The predicted octanol–water partition coefficient (Wildman–Crippen LogP) is 2.58. The number of nitrogens with zero attached hydrogens (tertiary/aromatic N) is 2. The molecule has 2 aromatic rings. The Hall–Kier alpha value is -1.20. The number of benzene rings is 1. The van der Waals surface area contributed by atoms with Crippen molar-refractivity contribution in [2.45, 2.75) is 19.1 Å². The van der Waals surface area contributed by atoms with Crippen LogP contribution in [0, 0.1) is 0 Å². The van der Waals surface area contributed by atoms with Gasteiger partial charge in [0, 0.05) is 28.0 Å². The smallest absolute Gasteiger partial charge is 0.239 e. The van der Waals surface area contributed by atoms with Crippen LogP contribution in [0.25, 0.3) is 0 Å². The molecule has 0 aliphatic heterocycles. The molecule has 0 amide bonds. The van der Waals surface area contributed by atoms with Crippen LogP contribution in [-0.4, -0.2) is 20.1 Å². The minimum Gasteiger partial charge on any atom is -0.338 e. The second-order valence-electron chi connectivity index (χ2n) is 3.75. The van der Waals surface area contributed by atoms with E-state index in [1.165, 1.54) is 0 Å². The molecule has 0 bridgehead atoms. The SMILES string of the molecule is CCS(=O)Cc1nc(Cc2ccccc2Cl)no1. The van der Waals surface area contributed by atoms with Crippen LogP contribution in [0.3, 0.4) is 0 Å². The van der Waals surface area contributed by atoms with Crippen molar-refractivity contribution in [3.63, 3.8) is 0 Å². The van der Waals surface area contributed by atoms with Gasteiger partial charge in [-0.1, -0.05) is 41.9 Å². The monoisotopic (exact) mass is 284 g/mol. The van der Waals surface area contributed by atoms with Crippen LogP contribution in [0.2, 0.25) is 5.02 Å². The van der Waals surface area contributed by atoms with Crippen LogP contribution in [0.15, 0.2) is 28.8 Å². The number of hydrogen-bond acceptors (Lipinski definition) is 4. The first-order valence-corrected chi connectivity index (χ1v) is 7.45. The Bertz CT molecular complexity index is 557. The van der Waals surface area contributed by atoms with Gasteiger partial charge in [0.05, 0.1) is 0 Å². The largest absolute Gasteiger partial charge is 0.338 e. The first-order chi connectivity index (χ1) is 8.69. The minimum absolute atomic E-state index is 0.312. The van der Waals surface area contributed by atoms with Gasteiger partial charge < -0.3 is 4.52 Å². The third-order valence-electron chi connectivity index (χ3n) is 2.42. The predicted molar refractivity (Wildman–Crippen MR) is 70.9 cm³/mol. The highest BCUT2D eigenvalue weighted by Crippen LogP contribution is 2.17. The second kappa shape index (κ2) is 6.11.